The Bertz CT molecular complexity index is 749. The van der Waals surface area contributed by atoms with Gasteiger partial charge in [0.2, 0.25) is 0 Å². The zero-order valence-corrected chi connectivity index (χ0v) is 12.7. The highest BCUT2D eigenvalue weighted by atomic mass is 35.5. The van der Waals surface area contributed by atoms with Crippen LogP contribution in [0, 0.1) is 0 Å². The van der Waals surface area contributed by atoms with Crippen molar-refractivity contribution in [3.05, 3.63) is 52.9 Å². The lowest BCUT2D eigenvalue weighted by molar-refractivity contribution is -0.121. The fourth-order valence-corrected chi connectivity index (χ4v) is 2.28. The van der Waals surface area contributed by atoms with E-state index in [1.54, 1.807) is 31.3 Å². The number of nitrogens with one attached hydrogen (secondary N) is 1. The van der Waals surface area contributed by atoms with Crippen LogP contribution in [-0.4, -0.2) is 23.0 Å². The Morgan fingerprint density at radius 3 is 2.57 bits per heavy atom. The van der Waals surface area contributed by atoms with Crippen molar-refractivity contribution >= 4 is 40.9 Å². The summed E-state index contributed by atoms with van der Waals surface area (Å²) in [6.07, 6.45) is 1.64. The summed E-state index contributed by atoms with van der Waals surface area (Å²) in [5, 5.41) is 3.91. The molecule has 4 nitrogen and oxygen atoms in total. The van der Waals surface area contributed by atoms with Gasteiger partial charge in [-0.05, 0) is 48.6 Å². The van der Waals surface area contributed by atoms with Gasteiger partial charge >= 0.3 is 0 Å². The van der Waals surface area contributed by atoms with Crippen LogP contribution in [0.25, 0.3) is 17.4 Å². The van der Waals surface area contributed by atoms with Gasteiger partial charge in [0.1, 0.15) is 17.2 Å². The fourth-order valence-electron chi connectivity index (χ4n) is 1.97. The highest BCUT2D eigenvalue weighted by Gasteiger charge is 2.27. The van der Waals surface area contributed by atoms with Crippen LogP contribution in [0.5, 0.6) is 0 Å². The Hall–Kier alpha value is -2.11. The van der Waals surface area contributed by atoms with Crippen molar-refractivity contribution in [2.24, 2.45) is 0 Å². The minimum atomic E-state index is -0.176. The van der Waals surface area contributed by atoms with Gasteiger partial charge < -0.3 is 9.73 Å². The smallest absolute Gasteiger partial charge is 0.276 e. The molecule has 1 fully saturated rings. The van der Waals surface area contributed by atoms with Gasteiger partial charge in [0.15, 0.2) is 5.11 Å². The van der Waals surface area contributed by atoms with Crippen LogP contribution in [0.15, 0.2) is 46.5 Å². The molecule has 0 spiro atoms. The highest BCUT2D eigenvalue weighted by molar-refractivity contribution is 7.80. The first-order valence-electron chi connectivity index (χ1n) is 6.21. The molecule has 1 aromatic carbocycles. The van der Waals surface area contributed by atoms with E-state index in [-0.39, 0.29) is 5.91 Å². The third-order valence-corrected chi connectivity index (χ3v) is 3.75. The molecule has 2 heterocycles. The van der Waals surface area contributed by atoms with E-state index in [4.69, 9.17) is 28.2 Å². The number of furan rings is 1. The number of rotatable bonds is 2. The standard InChI is InChI=1S/C15H11ClN2O2S/c1-18-14(19)12(17-15(18)21)8-11-6-7-13(20-11)9-2-4-10(16)5-3-9/h2-8H,1H3,(H,17,21)/b12-8-. The lowest BCUT2D eigenvalue weighted by atomic mass is 10.2. The molecule has 1 aliphatic heterocycles. The van der Waals surface area contributed by atoms with E-state index < -0.39 is 0 Å². The van der Waals surface area contributed by atoms with Gasteiger partial charge in [-0.25, -0.2) is 0 Å². The first-order valence-corrected chi connectivity index (χ1v) is 7.00. The predicted molar refractivity (Wildman–Crippen MR) is 85.6 cm³/mol. The summed E-state index contributed by atoms with van der Waals surface area (Å²) in [6, 6.07) is 11.0. The highest BCUT2D eigenvalue weighted by Crippen LogP contribution is 2.25. The molecule has 1 amide bonds. The Kier molecular flexibility index (Phi) is 3.53. The molecule has 0 radical (unpaired) electrons. The zero-order valence-electron chi connectivity index (χ0n) is 11.1. The van der Waals surface area contributed by atoms with Crippen LogP contribution in [-0.2, 0) is 4.79 Å². The molecular formula is C15H11ClN2O2S. The monoisotopic (exact) mass is 318 g/mol. The Morgan fingerprint density at radius 1 is 1.24 bits per heavy atom. The van der Waals surface area contributed by atoms with Crippen molar-refractivity contribution in [3.63, 3.8) is 0 Å². The summed E-state index contributed by atoms with van der Waals surface area (Å²) in [7, 11) is 1.62. The van der Waals surface area contributed by atoms with Crippen LogP contribution in [0.1, 0.15) is 5.76 Å². The minimum Gasteiger partial charge on any atom is -0.457 e. The van der Waals surface area contributed by atoms with Crippen molar-refractivity contribution in [1.82, 2.24) is 10.2 Å². The fraction of sp³-hybridized carbons (Fsp3) is 0.0667. The van der Waals surface area contributed by atoms with Crippen molar-refractivity contribution in [2.75, 3.05) is 7.05 Å². The number of hydrogen-bond acceptors (Lipinski definition) is 3. The van der Waals surface area contributed by atoms with Crippen LogP contribution < -0.4 is 5.32 Å². The molecule has 0 atom stereocenters. The summed E-state index contributed by atoms with van der Waals surface area (Å²) in [5.41, 5.74) is 1.32. The molecule has 21 heavy (non-hydrogen) atoms. The normalized spacial score (nSPS) is 16.7. The lowest BCUT2D eigenvalue weighted by Crippen LogP contribution is -2.25. The molecular weight excluding hydrogens is 308 g/mol. The Morgan fingerprint density at radius 2 is 1.95 bits per heavy atom. The minimum absolute atomic E-state index is 0.176. The SMILES string of the molecule is CN1C(=O)/C(=C/c2ccc(-c3ccc(Cl)cc3)o2)NC1=S. The molecule has 2 aromatic rings. The molecule has 1 saturated heterocycles. The van der Waals surface area contributed by atoms with Crippen molar-refractivity contribution < 1.29 is 9.21 Å². The van der Waals surface area contributed by atoms with E-state index in [2.05, 4.69) is 5.32 Å². The molecule has 1 N–H and O–H groups in total. The maximum Gasteiger partial charge on any atom is 0.276 e. The van der Waals surface area contributed by atoms with Gasteiger partial charge in [-0.15, -0.1) is 0 Å². The number of carbonyl (C=O) groups excluding carboxylic acids is 1. The first kappa shape index (κ1) is 13.9. The van der Waals surface area contributed by atoms with Gasteiger partial charge in [0.05, 0.1) is 0 Å². The summed E-state index contributed by atoms with van der Waals surface area (Å²) in [6.45, 7) is 0. The molecule has 0 aliphatic carbocycles. The third-order valence-electron chi connectivity index (χ3n) is 3.12. The number of amides is 1. The second kappa shape index (κ2) is 5.35. The van der Waals surface area contributed by atoms with Gasteiger partial charge in [0.25, 0.3) is 5.91 Å². The summed E-state index contributed by atoms with van der Waals surface area (Å²) in [4.78, 5) is 13.3. The van der Waals surface area contributed by atoms with Crippen LogP contribution in [0.3, 0.4) is 0 Å². The molecule has 106 valence electrons. The van der Waals surface area contributed by atoms with E-state index in [1.165, 1.54) is 4.90 Å². The molecule has 3 rings (SSSR count). The van der Waals surface area contributed by atoms with E-state index in [9.17, 15) is 4.79 Å². The van der Waals surface area contributed by atoms with Gasteiger partial charge in [0, 0.05) is 23.7 Å². The summed E-state index contributed by atoms with van der Waals surface area (Å²) in [5.74, 6) is 1.11. The summed E-state index contributed by atoms with van der Waals surface area (Å²) >= 11 is 10.9. The first-order chi connectivity index (χ1) is 10.0. The summed E-state index contributed by atoms with van der Waals surface area (Å²) < 4.78 is 5.72. The van der Waals surface area contributed by atoms with Crippen molar-refractivity contribution in [1.29, 1.82) is 0 Å². The Labute approximate surface area is 132 Å². The molecule has 0 saturated carbocycles. The van der Waals surface area contributed by atoms with Crippen molar-refractivity contribution in [2.45, 2.75) is 0 Å². The van der Waals surface area contributed by atoms with Crippen LogP contribution in [0.2, 0.25) is 5.02 Å². The van der Waals surface area contributed by atoms with Gasteiger partial charge in [-0.1, -0.05) is 11.6 Å². The predicted octanol–water partition coefficient (Wildman–Crippen LogP) is 3.29. The number of benzene rings is 1. The number of hydrogen-bond donors (Lipinski definition) is 1. The van der Waals surface area contributed by atoms with E-state index in [0.717, 1.165) is 5.56 Å². The maximum absolute atomic E-state index is 11.9. The van der Waals surface area contributed by atoms with E-state index in [0.29, 0.717) is 27.4 Å². The lowest BCUT2D eigenvalue weighted by Gasteiger charge is -2.02. The van der Waals surface area contributed by atoms with Gasteiger partial charge in [-0.3, -0.25) is 9.69 Å². The van der Waals surface area contributed by atoms with E-state index >= 15 is 0 Å². The average molecular weight is 319 g/mol. The van der Waals surface area contributed by atoms with Crippen molar-refractivity contribution in [3.8, 4) is 11.3 Å². The number of likely N-dealkylation sites (N-methyl/N-ethyl adjacent to an activating group) is 1. The topological polar surface area (TPSA) is 45.5 Å². The molecule has 1 aromatic heterocycles. The number of thiocarbonyl (C=S) groups is 1. The number of carbonyl (C=O) groups is 1. The largest absolute Gasteiger partial charge is 0.457 e. The molecule has 6 heteroatoms. The third kappa shape index (κ3) is 2.70. The maximum atomic E-state index is 11.9. The second-order valence-electron chi connectivity index (χ2n) is 4.56. The quantitative estimate of drug-likeness (QED) is 0.682. The zero-order chi connectivity index (χ0) is 15.0. The molecule has 0 bridgehead atoms. The molecule has 0 unspecified atom stereocenters. The van der Waals surface area contributed by atoms with Gasteiger partial charge in [-0.2, -0.15) is 0 Å². The Balaban J connectivity index is 1.87. The number of halogens is 1. The molecule has 1 aliphatic rings. The second-order valence-corrected chi connectivity index (χ2v) is 5.38. The van der Waals surface area contributed by atoms with Crippen LogP contribution >= 0.6 is 23.8 Å². The van der Waals surface area contributed by atoms with E-state index in [1.807, 2.05) is 18.2 Å². The average Bonchev–Trinajstić information content (AvgIpc) is 3.02. The van der Waals surface area contributed by atoms with Crippen LogP contribution in [0.4, 0.5) is 0 Å². The number of nitrogens with zero attached hydrogens (tertiary/aromatic N) is 1.